The molecule has 146 valence electrons. The van der Waals surface area contributed by atoms with Gasteiger partial charge in [0.1, 0.15) is 17.4 Å². The Balaban J connectivity index is 1.99. The summed E-state index contributed by atoms with van der Waals surface area (Å²) < 4.78 is 7.32. The molecule has 3 aromatic rings. The third-order valence-electron chi connectivity index (χ3n) is 4.88. The van der Waals surface area contributed by atoms with Gasteiger partial charge < -0.3 is 15.0 Å². The van der Waals surface area contributed by atoms with E-state index in [9.17, 15) is 10.1 Å². The van der Waals surface area contributed by atoms with Gasteiger partial charge in [0.2, 0.25) is 5.88 Å². The van der Waals surface area contributed by atoms with Gasteiger partial charge in [-0.15, -0.1) is 11.3 Å². The number of ether oxygens (including phenoxy) is 1. The number of nitrogens with two attached hydrogens (primary N) is 1. The van der Waals surface area contributed by atoms with Crippen molar-refractivity contribution in [1.82, 2.24) is 4.57 Å². The number of allylic oxidation sites excluding steroid dienone is 1. The van der Waals surface area contributed by atoms with E-state index in [4.69, 9.17) is 33.7 Å². The first-order chi connectivity index (χ1) is 13.9. The van der Waals surface area contributed by atoms with Crippen LogP contribution in [0.2, 0.25) is 10.0 Å². The first-order valence-electron chi connectivity index (χ1n) is 8.70. The van der Waals surface area contributed by atoms with E-state index in [2.05, 4.69) is 6.07 Å². The van der Waals surface area contributed by atoms with E-state index >= 15 is 0 Å². The van der Waals surface area contributed by atoms with Crippen LogP contribution >= 0.6 is 34.5 Å². The summed E-state index contributed by atoms with van der Waals surface area (Å²) in [5, 5.41) is 12.3. The predicted molar refractivity (Wildman–Crippen MR) is 115 cm³/mol. The molecule has 0 bridgehead atoms. The van der Waals surface area contributed by atoms with Crippen LogP contribution in [0.4, 0.5) is 0 Å². The van der Waals surface area contributed by atoms with Crippen LogP contribution in [0, 0.1) is 18.3 Å². The fourth-order valence-corrected chi connectivity index (χ4v) is 4.61. The summed E-state index contributed by atoms with van der Waals surface area (Å²) in [6.45, 7) is 2.26. The minimum absolute atomic E-state index is 0.0455. The average molecular weight is 444 g/mol. The maximum Gasteiger partial charge on any atom is 0.259 e. The number of hydrogen-bond acceptors (Lipinski definition) is 5. The number of pyridine rings is 1. The van der Waals surface area contributed by atoms with Gasteiger partial charge in [0.25, 0.3) is 5.56 Å². The molecule has 0 radical (unpaired) electrons. The molecule has 1 aromatic carbocycles. The van der Waals surface area contributed by atoms with E-state index in [0.29, 0.717) is 28.4 Å². The van der Waals surface area contributed by atoms with Gasteiger partial charge >= 0.3 is 0 Å². The molecule has 0 saturated heterocycles. The zero-order valence-electron chi connectivity index (χ0n) is 15.3. The third kappa shape index (κ3) is 3.32. The smallest absolute Gasteiger partial charge is 0.259 e. The second kappa shape index (κ2) is 7.60. The van der Waals surface area contributed by atoms with Crippen molar-refractivity contribution in [2.45, 2.75) is 19.4 Å². The largest absolute Gasteiger partial charge is 0.440 e. The lowest BCUT2D eigenvalue weighted by molar-refractivity contribution is 0.389. The molecule has 1 aliphatic rings. The van der Waals surface area contributed by atoms with Gasteiger partial charge in [0.15, 0.2) is 0 Å². The van der Waals surface area contributed by atoms with Gasteiger partial charge in [-0.1, -0.05) is 41.4 Å². The van der Waals surface area contributed by atoms with Crippen LogP contribution in [0.15, 0.2) is 58.0 Å². The van der Waals surface area contributed by atoms with E-state index in [1.807, 2.05) is 24.4 Å². The number of benzene rings is 1. The number of hydrogen-bond donors (Lipinski definition) is 1. The molecule has 0 aliphatic carbocycles. The molecule has 4 rings (SSSR count). The average Bonchev–Trinajstić information content (AvgIpc) is 3.20. The first-order valence-corrected chi connectivity index (χ1v) is 10.3. The van der Waals surface area contributed by atoms with Crippen LogP contribution in [0.25, 0.3) is 0 Å². The topological polar surface area (TPSA) is 81.0 Å². The standard InChI is InChI=1S/C21H15Cl2N3O2S/c1-11-8-16-18(21(27)26(11)10-12-4-3-7-29-12)17(14(9-24)20(25)28-16)13-5-2-6-15(22)19(13)23/h2-8,17H,10,25H2,1H3. The lowest BCUT2D eigenvalue weighted by Crippen LogP contribution is -2.33. The summed E-state index contributed by atoms with van der Waals surface area (Å²) in [7, 11) is 0. The van der Waals surface area contributed by atoms with Crippen LogP contribution in [-0.4, -0.2) is 4.57 Å². The van der Waals surface area contributed by atoms with Crippen molar-refractivity contribution in [3.8, 4) is 11.8 Å². The van der Waals surface area contributed by atoms with E-state index < -0.39 is 5.92 Å². The molecule has 0 amide bonds. The zero-order valence-corrected chi connectivity index (χ0v) is 17.6. The Morgan fingerprint density at radius 3 is 2.79 bits per heavy atom. The van der Waals surface area contributed by atoms with Crippen LogP contribution in [0.1, 0.15) is 27.6 Å². The van der Waals surface area contributed by atoms with Crippen molar-refractivity contribution in [2.24, 2.45) is 5.73 Å². The highest BCUT2D eigenvalue weighted by atomic mass is 35.5. The van der Waals surface area contributed by atoms with Gasteiger partial charge in [-0.05, 0) is 30.0 Å². The minimum atomic E-state index is -0.766. The molecular formula is C21H15Cl2N3O2S. The number of halogens is 2. The molecule has 0 spiro atoms. The summed E-state index contributed by atoms with van der Waals surface area (Å²) in [6.07, 6.45) is 0. The highest BCUT2D eigenvalue weighted by Crippen LogP contribution is 2.44. The second-order valence-corrected chi connectivity index (χ2v) is 8.42. The number of nitriles is 1. The lowest BCUT2D eigenvalue weighted by Gasteiger charge is -2.28. The molecular weight excluding hydrogens is 429 g/mol. The Kier molecular flexibility index (Phi) is 5.13. The van der Waals surface area contributed by atoms with Gasteiger partial charge in [0.05, 0.1) is 28.1 Å². The highest BCUT2D eigenvalue weighted by molar-refractivity contribution is 7.09. The SMILES string of the molecule is Cc1cc2c(c(=O)n1Cc1cccs1)C(c1cccc(Cl)c1Cl)C(C#N)=C(N)O2. The summed E-state index contributed by atoms with van der Waals surface area (Å²) in [4.78, 5) is 14.6. The number of thiophene rings is 1. The Labute approximate surface area is 181 Å². The summed E-state index contributed by atoms with van der Waals surface area (Å²) in [6, 6.07) is 12.9. The summed E-state index contributed by atoms with van der Waals surface area (Å²) in [5.74, 6) is -0.485. The number of fused-ring (bicyclic) bond motifs is 1. The molecule has 1 atom stereocenters. The van der Waals surface area contributed by atoms with Gasteiger partial charge in [-0.3, -0.25) is 4.79 Å². The Bertz CT molecular complexity index is 1240. The van der Waals surface area contributed by atoms with Gasteiger partial charge in [0, 0.05) is 16.6 Å². The quantitative estimate of drug-likeness (QED) is 0.630. The number of nitrogens with zero attached hydrogens (tertiary/aromatic N) is 2. The Hall–Kier alpha value is -2.72. The summed E-state index contributed by atoms with van der Waals surface area (Å²) in [5.41, 5.74) is 7.48. The lowest BCUT2D eigenvalue weighted by atomic mass is 9.84. The minimum Gasteiger partial charge on any atom is -0.440 e. The molecule has 2 aromatic heterocycles. The summed E-state index contributed by atoms with van der Waals surface area (Å²) >= 11 is 14.2. The molecule has 1 aliphatic heterocycles. The van der Waals surface area contributed by atoms with Crippen molar-refractivity contribution >= 4 is 34.5 Å². The molecule has 0 fully saturated rings. The zero-order chi connectivity index (χ0) is 20.7. The molecule has 29 heavy (non-hydrogen) atoms. The molecule has 5 nitrogen and oxygen atoms in total. The Morgan fingerprint density at radius 2 is 2.10 bits per heavy atom. The maximum atomic E-state index is 13.5. The highest BCUT2D eigenvalue weighted by Gasteiger charge is 2.35. The monoisotopic (exact) mass is 443 g/mol. The fourth-order valence-electron chi connectivity index (χ4n) is 3.50. The Morgan fingerprint density at radius 1 is 1.31 bits per heavy atom. The number of aromatic nitrogens is 1. The van der Waals surface area contributed by atoms with Crippen molar-refractivity contribution in [3.63, 3.8) is 0 Å². The van der Waals surface area contributed by atoms with Crippen LogP contribution in [0.5, 0.6) is 5.75 Å². The van der Waals surface area contributed by atoms with Crippen molar-refractivity contribution in [1.29, 1.82) is 5.26 Å². The van der Waals surface area contributed by atoms with Crippen LogP contribution in [-0.2, 0) is 6.54 Å². The van der Waals surface area contributed by atoms with E-state index in [1.165, 1.54) is 0 Å². The second-order valence-electron chi connectivity index (χ2n) is 6.60. The number of rotatable bonds is 3. The molecule has 1 unspecified atom stereocenters. The molecule has 0 saturated carbocycles. The first kappa shape index (κ1) is 19.6. The number of aryl methyl sites for hydroxylation is 1. The van der Waals surface area contributed by atoms with Crippen LogP contribution in [0.3, 0.4) is 0 Å². The van der Waals surface area contributed by atoms with E-state index in [1.54, 1.807) is 40.2 Å². The fraction of sp³-hybridized carbons (Fsp3) is 0.143. The van der Waals surface area contributed by atoms with Crippen molar-refractivity contribution < 1.29 is 4.74 Å². The molecule has 3 heterocycles. The van der Waals surface area contributed by atoms with Crippen LogP contribution < -0.4 is 16.0 Å². The maximum absolute atomic E-state index is 13.5. The van der Waals surface area contributed by atoms with E-state index in [0.717, 1.165) is 10.6 Å². The molecule has 2 N–H and O–H groups in total. The van der Waals surface area contributed by atoms with Crippen molar-refractivity contribution in [2.75, 3.05) is 0 Å². The molecule has 8 heteroatoms. The van der Waals surface area contributed by atoms with Gasteiger partial charge in [-0.2, -0.15) is 5.26 Å². The predicted octanol–water partition coefficient (Wildman–Crippen LogP) is 4.79. The normalized spacial score (nSPS) is 15.6. The third-order valence-corrected chi connectivity index (χ3v) is 6.57. The van der Waals surface area contributed by atoms with E-state index in [-0.39, 0.29) is 22.0 Å². The van der Waals surface area contributed by atoms with Crippen molar-refractivity contribution in [3.05, 3.63) is 95.3 Å². The van der Waals surface area contributed by atoms with Gasteiger partial charge in [-0.25, -0.2) is 0 Å².